The summed E-state index contributed by atoms with van der Waals surface area (Å²) in [5.74, 6) is 1.16. The first-order valence-corrected chi connectivity index (χ1v) is 5.77. The Morgan fingerprint density at radius 2 is 1.94 bits per heavy atom. The van der Waals surface area contributed by atoms with Crippen LogP contribution in [0.5, 0.6) is 11.5 Å². The van der Waals surface area contributed by atoms with Crippen LogP contribution in [-0.4, -0.2) is 13.1 Å². The molecule has 1 rings (SSSR count). The molecule has 3 nitrogen and oxygen atoms in total. The Morgan fingerprint density at radius 1 is 1.29 bits per heavy atom. The molecule has 0 saturated heterocycles. The van der Waals surface area contributed by atoms with Crippen molar-refractivity contribution in [1.29, 1.82) is 0 Å². The van der Waals surface area contributed by atoms with Gasteiger partial charge in [-0.2, -0.15) is 0 Å². The summed E-state index contributed by atoms with van der Waals surface area (Å²) in [4.78, 5) is 11.2. The Morgan fingerprint density at radius 3 is 2.41 bits per heavy atom. The number of hydrogen-bond acceptors (Lipinski definition) is 3. The van der Waals surface area contributed by atoms with Gasteiger partial charge in [-0.15, -0.1) is 0 Å². The number of carbonyl (C=O) groups is 1. The molecule has 17 heavy (non-hydrogen) atoms. The topological polar surface area (TPSA) is 35.5 Å². The predicted molar refractivity (Wildman–Crippen MR) is 67.6 cm³/mol. The highest BCUT2D eigenvalue weighted by molar-refractivity contribution is 5.72. The van der Waals surface area contributed by atoms with Crippen molar-refractivity contribution in [3.63, 3.8) is 0 Å². The zero-order chi connectivity index (χ0) is 13.1. The smallest absolute Gasteiger partial charge is 0.310 e. The molecule has 0 heterocycles. The zero-order valence-corrected chi connectivity index (χ0v) is 11.2. The van der Waals surface area contributed by atoms with E-state index >= 15 is 0 Å². The van der Waals surface area contributed by atoms with Crippen LogP contribution in [0.4, 0.5) is 0 Å². The second-order valence-electron chi connectivity index (χ2n) is 4.94. The molecule has 1 aromatic rings. The quantitative estimate of drug-likeness (QED) is 0.596. The summed E-state index contributed by atoms with van der Waals surface area (Å²) in [5, 5.41) is 0. The lowest BCUT2D eigenvalue weighted by atomic mass is 9.86. The molecular formula is C14H20O3. The van der Waals surface area contributed by atoms with E-state index in [0.29, 0.717) is 12.2 Å². The van der Waals surface area contributed by atoms with Crippen LogP contribution in [0, 0.1) is 0 Å². The minimum Gasteiger partial charge on any atom is -0.496 e. The van der Waals surface area contributed by atoms with Gasteiger partial charge in [0, 0.05) is 12.0 Å². The molecule has 0 atom stereocenters. The number of carbonyl (C=O) groups excluding carboxylic acids is 1. The molecule has 0 N–H and O–H groups in total. The van der Waals surface area contributed by atoms with Crippen molar-refractivity contribution in [1.82, 2.24) is 0 Å². The fraction of sp³-hybridized carbons (Fsp3) is 0.500. The fourth-order valence-corrected chi connectivity index (χ4v) is 1.54. The summed E-state index contributed by atoms with van der Waals surface area (Å²) >= 11 is 0. The third kappa shape index (κ3) is 3.48. The van der Waals surface area contributed by atoms with E-state index in [0.717, 1.165) is 11.3 Å². The second-order valence-corrected chi connectivity index (χ2v) is 4.94. The van der Waals surface area contributed by atoms with Gasteiger partial charge in [0.2, 0.25) is 0 Å². The minimum absolute atomic E-state index is 0.0556. The van der Waals surface area contributed by atoms with Crippen molar-refractivity contribution in [3.8, 4) is 11.5 Å². The number of hydrogen-bond donors (Lipinski definition) is 0. The van der Waals surface area contributed by atoms with E-state index in [-0.39, 0.29) is 11.4 Å². The first-order valence-electron chi connectivity index (χ1n) is 5.77. The Balaban J connectivity index is 3.09. The maximum atomic E-state index is 11.2. The summed E-state index contributed by atoms with van der Waals surface area (Å²) in [7, 11) is 1.64. The van der Waals surface area contributed by atoms with E-state index in [1.54, 1.807) is 20.1 Å². The Hall–Kier alpha value is -1.51. The van der Waals surface area contributed by atoms with E-state index in [1.807, 2.05) is 12.1 Å². The van der Waals surface area contributed by atoms with E-state index in [4.69, 9.17) is 9.47 Å². The standard InChI is InChI=1S/C14H20O3/c1-6-13(15)17-10-7-8-12(16-5)11(9-10)14(2,3)4/h7-9H,6H2,1-5H3. The van der Waals surface area contributed by atoms with Crippen molar-refractivity contribution in [2.24, 2.45) is 0 Å². The molecule has 0 radical (unpaired) electrons. The van der Waals surface area contributed by atoms with Gasteiger partial charge in [-0.25, -0.2) is 0 Å². The molecule has 0 unspecified atom stereocenters. The minimum atomic E-state index is -0.227. The van der Waals surface area contributed by atoms with Crippen LogP contribution in [-0.2, 0) is 10.2 Å². The summed E-state index contributed by atoms with van der Waals surface area (Å²) in [6.45, 7) is 8.05. The number of rotatable bonds is 3. The first-order chi connectivity index (χ1) is 7.88. The van der Waals surface area contributed by atoms with Crippen molar-refractivity contribution in [3.05, 3.63) is 23.8 Å². The third-order valence-corrected chi connectivity index (χ3v) is 2.50. The highest BCUT2D eigenvalue weighted by atomic mass is 16.5. The van der Waals surface area contributed by atoms with Crippen LogP contribution in [0.25, 0.3) is 0 Å². The van der Waals surface area contributed by atoms with Crippen LogP contribution >= 0.6 is 0 Å². The van der Waals surface area contributed by atoms with Gasteiger partial charge in [0.05, 0.1) is 7.11 Å². The maximum absolute atomic E-state index is 11.2. The predicted octanol–water partition coefficient (Wildman–Crippen LogP) is 3.31. The second kappa shape index (κ2) is 5.21. The largest absolute Gasteiger partial charge is 0.496 e. The average molecular weight is 236 g/mol. The Bertz CT molecular complexity index is 402. The van der Waals surface area contributed by atoms with Gasteiger partial charge in [-0.05, 0) is 23.6 Å². The van der Waals surface area contributed by atoms with E-state index < -0.39 is 0 Å². The lowest BCUT2D eigenvalue weighted by molar-refractivity contribution is -0.134. The molecule has 3 heteroatoms. The van der Waals surface area contributed by atoms with Gasteiger partial charge >= 0.3 is 5.97 Å². The molecule has 0 aliphatic carbocycles. The Kier molecular flexibility index (Phi) is 4.16. The van der Waals surface area contributed by atoms with Crippen LogP contribution in [0.15, 0.2) is 18.2 Å². The molecule has 0 aromatic heterocycles. The fourth-order valence-electron chi connectivity index (χ4n) is 1.54. The van der Waals surface area contributed by atoms with Gasteiger partial charge in [0.15, 0.2) is 0 Å². The maximum Gasteiger partial charge on any atom is 0.310 e. The molecular weight excluding hydrogens is 216 g/mol. The van der Waals surface area contributed by atoms with Gasteiger partial charge in [0.1, 0.15) is 11.5 Å². The van der Waals surface area contributed by atoms with Gasteiger partial charge in [-0.3, -0.25) is 4.79 Å². The molecule has 0 aliphatic rings. The molecule has 0 saturated carbocycles. The average Bonchev–Trinajstić information content (AvgIpc) is 2.27. The highest BCUT2D eigenvalue weighted by Gasteiger charge is 2.20. The lowest BCUT2D eigenvalue weighted by Crippen LogP contribution is -2.14. The van der Waals surface area contributed by atoms with Gasteiger partial charge < -0.3 is 9.47 Å². The number of benzene rings is 1. The highest BCUT2D eigenvalue weighted by Crippen LogP contribution is 2.34. The normalized spacial score (nSPS) is 11.1. The van der Waals surface area contributed by atoms with Crippen molar-refractivity contribution >= 4 is 5.97 Å². The Labute approximate surface area is 103 Å². The lowest BCUT2D eigenvalue weighted by Gasteiger charge is -2.22. The van der Waals surface area contributed by atoms with Crippen molar-refractivity contribution < 1.29 is 14.3 Å². The zero-order valence-electron chi connectivity index (χ0n) is 11.2. The van der Waals surface area contributed by atoms with Crippen molar-refractivity contribution in [2.45, 2.75) is 39.5 Å². The SMILES string of the molecule is CCC(=O)Oc1ccc(OC)c(C(C)(C)C)c1. The van der Waals surface area contributed by atoms with Crippen LogP contribution < -0.4 is 9.47 Å². The van der Waals surface area contributed by atoms with Crippen molar-refractivity contribution in [2.75, 3.05) is 7.11 Å². The van der Waals surface area contributed by atoms with Gasteiger partial charge in [0.25, 0.3) is 0 Å². The monoisotopic (exact) mass is 236 g/mol. The summed E-state index contributed by atoms with van der Waals surface area (Å²) < 4.78 is 10.5. The molecule has 0 fully saturated rings. The molecule has 0 aliphatic heterocycles. The number of esters is 1. The number of methoxy groups -OCH3 is 1. The summed E-state index contributed by atoms with van der Waals surface area (Å²) in [5.41, 5.74) is 0.973. The van der Waals surface area contributed by atoms with E-state index in [9.17, 15) is 4.79 Å². The van der Waals surface area contributed by atoms with E-state index in [1.165, 1.54) is 0 Å². The van der Waals surface area contributed by atoms with Crippen LogP contribution in [0.3, 0.4) is 0 Å². The summed E-state index contributed by atoms with van der Waals surface area (Å²) in [6, 6.07) is 5.45. The molecule has 94 valence electrons. The summed E-state index contributed by atoms with van der Waals surface area (Å²) in [6.07, 6.45) is 0.372. The van der Waals surface area contributed by atoms with E-state index in [2.05, 4.69) is 20.8 Å². The molecule has 0 spiro atoms. The molecule has 0 amide bonds. The number of ether oxygens (including phenoxy) is 2. The van der Waals surface area contributed by atoms with Crippen LogP contribution in [0.2, 0.25) is 0 Å². The van der Waals surface area contributed by atoms with Gasteiger partial charge in [-0.1, -0.05) is 27.7 Å². The molecule has 1 aromatic carbocycles. The molecule has 0 bridgehead atoms. The van der Waals surface area contributed by atoms with Crippen LogP contribution in [0.1, 0.15) is 39.7 Å². The first kappa shape index (κ1) is 13.6. The third-order valence-electron chi connectivity index (χ3n) is 2.50.